The number of rotatable bonds is 8. The highest BCUT2D eigenvalue weighted by Crippen LogP contribution is 2.33. The van der Waals surface area contributed by atoms with Gasteiger partial charge < -0.3 is 14.8 Å². The van der Waals surface area contributed by atoms with Crippen LogP contribution < -0.4 is 14.8 Å². The van der Waals surface area contributed by atoms with Crippen LogP contribution in [0.3, 0.4) is 0 Å². The number of ether oxygens (including phenoxy) is 2. The van der Waals surface area contributed by atoms with Crippen LogP contribution in [0.15, 0.2) is 36.4 Å². The van der Waals surface area contributed by atoms with E-state index in [2.05, 4.69) is 33.0 Å². The molecule has 2 aromatic rings. The Hall–Kier alpha value is -3.09. The number of methoxy groups -OCH3 is 1. The van der Waals surface area contributed by atoms with Gasteiger partial charge in [-0.3, -0.25) is 14.9 Å². The lowest BCUT2D eigenvalue weighted by molar-refractivity contribution is -0.385. The quantitative estimate of drug-likeness (QED) is 0.516. The molecule has 0 aromatic heterocycles. The number of carbonyl (C=O) groups excluding carboxylic acids is 1. The molecule has 0 radical (unpaired) electrons. The fourth-order valence-electron chi connectivity index (χ4n) is 2.91. The van der Waals surface area contributed by atoms with Crippen LogP contribution in [-0.2, 0) is 4.79 Å². The number of nitrogens with one attached hydrogen (secondary N) is 1. The molecule has 1 N–H and O–H groups in total. The Morgan fingerprint density at radius 3 is 2.18 bits per heavy atom. The van der Waals surface area contributed by atoms with Crippen LogP contribution in [-0.4, -0.2) is 24.5 Å². The number of anilines is 1. The Bertz CT molecular complexity index is 836. The summed E-state index contributed by atoms with van der Waals surface area (Å²) in [5.74, 6) is 0.610. The molecule has 0 saturated heterocycles. The van der Waals surface area contributed by atoms with Gasteiger partial charge >= 0.3 is 0 Å². The van der Waals surface area contributed by atoms with Crippen molar-refractivity contribution in [3.8, 4) is 11.5 Å². The molecule has 2 aromatic carbocycles. The molecule has 28 heavy (non-hydrogen) atoms. The highest BCUT2D eigenvalue weighted by Gasteiger charge is 2.18. The van der Waals surface area contributed by atoms with Crippen molar-refractivity contribution < 1.29 is 19.2 Å². The summed E-state index contributed by atoms with van der Waals surface area (Å²) >= 11 is 0. The number of hydrogen-bond acceptors (Lipinski definition) is 5. The van der Waals surface area contributed by atoms with Gasteiger partial charge in [-0.2, -0.15) is 0 Å². The second kappa shape index (κ2) is 9.21. The number of para-hydroxylation sites is 1. The molecular formula is C21H26N2O5. The maximum Gasteiger partial charge on any atom is 0.273 e. The maximum absolute atomic E-state index is 12.5. The van der Waals surface area contributed by atoms with Crippen LogP contribution in [0.1, 0.15) is 50.7 Å². The van der Waals surface area contributed by atoms with Crippen molar-refractivity contribution in [2.75, 3.05) is 19.0 Å². The maximum atomic E-state index is 12.5. The molecule has 0 unspecified atom stereocenters. The zero-order valence-corrected chi connectivity index (χ0v) is 16.8. The van der Waals surface area contributed by atoms with E-state index in [9.17, 15) is 14.9 Å². The van der Waals surface area contributed by atoms with Crippen LogP contribution in [0.5, 0.6) is 11.5 Å². The second-order valence-electron chi connectivity index (χ2n) is 7.05. The van der Waals surface area contributed by atoms with Crippen LogP contribution in [0.2, 0.25) is 0 Å². The Balaban J connectivity index is 2.20. The fourth-order valence-corrected chi connectivity index (χ4v) is 2.91. The number of nitro groups is 1. The third kappa shape index (κ3) is 5.00. The summed E-state index contributed by atoms with van der Waals surface area (Å²) < 4.78 is 10.7. The van der Waals surface area contributed by atoms with Gasteiger partial charge in [0.15, 0.2) is 18.1 Å². The number of nitro benzene ring substituents is 1. The highest BCUT2D eigenvalue weighted by molar-refractivity contribution is 5.93. The van der Waals surface area contributed by atoms with Crippen LogP contribution in [0, 0.1) is 10.1 Å². The number of nitrogens with zero attached hydrogens (tertiary/aromatic N) is 1. The highest BCUT2D eigenvalue weighted by atomic mass is 16.6. The van der Waals surface area contributed by atoms with Gasteiger partial charge in [-0.05, 0) is 29.0 Å². The summed E-state index contributed by atoms with van der Waals surface area (Å²) in [7, 11) is 1.43. The Kier molecular flexibility index (Phi) is 6.98. The molecule has 7 nitrogen and oxygen atoms in total. The van der Waals surface area contributed by atoms with Crippen LogP contribution in [0.4, 0.5) is 11.4 Å². The first kappa shape index (κ1) is 21.2. The van der Waals surface area contributed by atoms with E-state index in [1.807, 2.05) is 18.2 Å². The minimum Gasteiger partial charge on any atom is -0.493 e. The normalized spacial score (nSPS) is 10.8. The fraction of sp³-hybridized carbons (Fsp3) is 0.381. The minimum absolute atomic E-state index is 0.136. The average Bonchev–Trinajstić information content (AvgIpc) is 2.65. The molecule has 7 heteroatoms. The monoisotopic (exact) mass is 386 g/mol. The molecule has 1 amide bonds. The molecule has 0 aliphatic carbocycles. The zero-order chi connectivity index (χ0) is 20.8. The van der Waals surface area contributed by atoms with Gasteiger partial charge in [-0.25, -0.2) is 0 Å². The predicted molar refractivity (Wildman–Crippen MR) is 108 cm³/mol. The van der Waals surface area contributed by atoms with E-state index in [1.165, 1.54) is 25.3 Å². The number of carbonyl (C=O) groups is 1. The number of non-ortho nitro benzene ring substituents is 1. The van der Waals surface area contributed by atoms with Gasteiger partial charge in [0.2, 0.25) is 0 Å². The minimum atomic E-state index is -0.528. The third-order valence-electron chi connectivity index (χ3n) is 4.35. The molecule has 2 rings (SSSR count). The first-order valence-electron chi connectivity index (χ1n) is 9.12. The van der Waals surface area contributed by atoms with E-state index in [4.69, 9.17) is 9.47 Å². The summed E-state index contributed by atoms with van der Waals surface area (Å²) in [4.78, 5) is 23.0. The van der Waals surface area contributed by atoms with Crippen molar-refractivity contribution >= 4 is 17.3 Å². The van der Waals surface area contributed by atoms with Crippen molar-refractivity contribution in [3.05, 3.63) is 57.6 Å². The van der Waals surface area contributed by atoms with E-state index in [1.54, 1.807) is 0 Å². The van der Waals surface area contributed by atoms with E-state index in [-0.39, 0.29) is 35.8 Å². The average molecular weight is 386 g/mol. The molecular weight excluding hydrogens is 360 g/mol. The summed E-state index contributed by atoms with van der Waals surface area (Å²) in [6, 6.07) is 9.99. The van der Waals surface area contributed by atoms with Crippen molar-refractivity contribution in [1.82, 2.24) is 0 Å². The number of benzene rings is 2. The van der Waals surface area contributed by atoms with Crippen molar-refractivity contribution in [2.24, 2.45) is 0 Å². The lowest BCUT2D eigenvalue weighted by Gasteiger charge is -2.20. The molecule has 0 spiro atoms. The Labute approximate surface area is 164 Å². The lowest BCUT2D eigenvalue weighted by atomic mass is 9.92. The van der Waals surface area contributed by atoms with E-state index in [0.29, 0.717) is 5.75 Å². The molecule has 0 fully saturated rings. The third-order valence-corrected chi connectivity index (χ3v) is 4.35. The first-order valence-corrected chi connectivity index (χ1v) is 9.12. The zero-order valence-electron chi connectivity index (χ0n) is 16.8. The second-order valence-corrected chi connectivity index (χ2v) is 7.05. The molecule has 0 saturated carbocycles. The molecule has 0 heterocycles. The molecule has 150 valence electrons. The summed E-state index contributed by atoms with van der Waals surface area (Å²) in [5.41, 5.74) is 2.76. The van der Waals surface area contributed by atoms with Gasteiger partial charge in [-0.1, -0.05) is 45.9 Å². The van der Waals surface area contributed by atoms with Gasteiger partial charge in [0.25, 0.3) is 11.6 Å². The smallest absolute Gasteiger partial charge is 0.273 e. The van der Waals surface area contributed by atoms with Gasteiger partial charge in [0.1, 0.15) is 0 Å². The molecule has 0 aliphatic heterocycles. The number of amides is 1. The lowest BCUT2D eigenvalue weighted by Crippen LogP contribution is -2.22. The van der Waals surface area contributed by atoms with Gasteiger partial charge in [-0.15, -0.1) is 0 Å². The summed E-state index contributed by atoms with van der Waals surface area (Å²) in [6.07, 6.45) is 0. The van der Waals surface area contributed by atoms with Crippen molar-refractivity contribution in [3.63, 3.8) is 0 Å². The van der Waals surface area contributed by atoms with Gasteiger partial charge in [0, 0.05) is 11.8 Å². The number of hydrogen-bond donors (Lipinski definition) is 1. The summed E-state index contributed by atoms with van der Waals surface area (Å²) in [5, 5.41) is 13.9. The first-order chi connectivity index (χ1) is 13.2. The van der Waals surface area contributed by atoms with Crippen molar-refractivity contribution in [2.45, 2.75) is 39.5 Å². The largest absolute Gasteiger partial charge is 0.493 e. The van der Waals surface area contributed by atoms with E-state index >= 15 is 0 Å². The van der Waals surface area contributed by atoms with E-state index < -0.39 is 4.92 Å². The standard InChI is InChI=1S/C21H26N2O5/c1-13(2)16-7-6-8-17(14(3)4)21(16)22-20(24)12-28-19-11-15(23(25)26)9-10-18(19)27-5/h6-11,13-14H,12H2,1-5H3,(H,22,24). The topological polar surface area (TPSA) is 90.7 Å². The summed E-state index contributed by atoms with van der Waals surface area (Å²) in [6.45, 7) is 7.99. The Morgan fingerprint density at radius 2 is 1.68 bits per heavy atom. The molecule has 0 aliphatic rings. The molecule has 0 atom stereocenters. The Morgan fingerprint density at radius 1 is 1.07 bits per heavy atom. The van der Waals surface area contributed by atoms with Crippen molar-refractivity contribution in [1.29, 1.82) is 0 Å². The SMILES string of the molecule is COc1ccc([N+](=O)[O-])cc1OCC(=O)Nc1c(C(C)C)cccc1C(C)C. The predicted octanol–water partition coefficient (Wildman–Crippen LogP) is 4.87. The van der Waals surface area contributed by atoms with Crippen LogP contribution >= 0.6 is 0 Å². The van der Waals surface area contributed by atoms with Crippen LogP contribution in [0.25, 0.3) is 0 Å². The van der Waals surface area contributed by atoms with E-state index in [0.717, 1.165) is 16.8 Å². The van der Waals surface area contributed by atoms with Gasteiger partial charge in [0.05, 0.1) is 18.1 Å². The molecule has 0 bridgehead atoms.